The van der Waals surface area contributed by atoms with Gasteiger partial charge in [0.2, 0.25) is 5.95 Å². The first-order valence-corrected chi connectivity index (χ1v) is 15.3. The molecule has 1 saturated heterocycles. The highest BCUT2D eigenvalue weighted by atomic mass is 19.3. The maximum Gasteiger partial charge on any atom is 0.323 e. The summed E-state index contributed by atoms with van der Waals surface area (Å²) in [7, 11) is 1.96. The number of benzene rings is 3. The monoisotopic (exact) mass is 668 g/mol. The molecule has 0 spiro atoms. The van der Waals surface area contributed by atoms with E-state index in [1.807, 2.05) is 41.9 Å². The number of hydrogen-bond donors (Lipinski definition) is 1. The van der Waals surface area contributed by atoms with Crippen LogP contribution in [0.5, 0.6) is 0 Å². The molecule has 248 valence electrons. The van der Waals surface area contributed by atoms with Crippen molar-refractivity contribution in [2.45, 2.75) is 18.1 Å². The maximum absolute atomic E-state index is 16.1. The third kappa shape index (κ3) is 5.69. The first-order chi connectivity index (χ1) is 23.6. The van der Waals surface area contributed by atoms with Gasteiger partial charge in [0, 0.05) is 62.3 Å². The largest absolute Gasteiger partial charge is 0.377 e. The minimum absolute atomic E-state index is 0.422. The molecule has 1 fully saturated rings. The molecule has 4 heterocycles. The molecule has 49 heavy (non-hydrogen) atoms. The molecule has 1 atom stereocenters. The number of aryl methyl sites for hydroxylation is 1. The van der Waals surface area contributed by atoms with Crippen LogP contribution in [0.25, 0.3) is 22.2 Å². The lowest BCUT2D eigenvalue weighted by atomic mass is 9.84. The summed E-state index contributed by atoms with van der Waals surface area (Å²) in [5.74, 6) is -5.64. The van der Waals surface area contributed by atoms with Gasteiger partial charge in [-0.05, 0) is 64.5 Å². The number of tetrazole rings is 1. The number of piperazine rings is 1. The Morgan fingerprint density at radius 2 is 1.63 bits per heavy atom. The standard InChI is InChI=1S/C34H28F4N10O/c1-45-30-10-2-22(18-39)16-29(30)42-32(45)47-14-12-46(13-15-47)26-7-3-23(4-8-26)24-5-11-31(40-19-24)34(37,38)33(49,20-48-21-41-43-44-48)27-9-6-25(35)17-28(27)36/h2-11,16-17,19,21,49H,12-15,20H2,1H3/t33-/m0/s1. The Morgan fingerprint density at radius 3 is 2.29 bits per heavy atom. The van der Waals surface area contributed by atoms with Crippen LogP contribution in [-0.2, 0) is 25.1 Å². The molecule has 0 unspecified atom stereocenters. The van der Waals surface area contributed by atoms with E-state index >= 15 is 8.78 Å². The number of anilines is 2. The van der Waals surface area contributed by atoms with Crippen LogP contribution in [0, 0.1) is 23.0 Å². The fourth-order valence-corrected chi connectivity index (χ4v) is 6.20. The summed E-state index contributed by atoms with van der Waals surface area (Å²) in [6.07, 6.45) is 2.25. The van der Waals surface area contributed by atoms with Gasteiger partial charge in [-0.2, -0.15) is 14.0 Å². The van der Waals surface area contributed by atoms with Gasteiger partial charge in [-0.1, -0.05) is 18.2 Å². The number of nitrogens with zero attached hydrogens (tertiary/aromatic N) is 10. The van der Waals surface area contributed by atoms with E-state index in [0.717, 1.165) is 83.6 Å². The number of hydrogen-bond acceptors (Lipinski definition) is 9. The molecule has 0 amide bonds. The summed E-state index contributed by atoms with van der Waals surface area (Å²) in [5, 5.41) is 31.0. The number of pyridine rings is 1. The Morgan fingerprint density at radius 1 is 0.898 bits per heavy atom. The normalized spacial score (nSPS) is 15.0. The second-order valence-electron chi connectivity index (χ2n) is 11.8. The molecule has 0 saturated carbocycles. The molecule has 3 aromatic heterocycles. The summed E-state index contributed by atoms with van der Waals surface area (Å²) in [5.41, 5.74) is -0.289. The molecule has 1 aliphatic heterocycles. The minimum atomic E-state index is -4.15. The third-order valence-corrected chi connectivity index (χ3v) is 8.88. The Labute approximate surface area is 277 Å². The highest BCUT2D eigenvalue weighted by Gasteiger charge is 2.58. The number of alkyl halides is 2. The molecule has 1 aliphatic rings. The van der Waals surface area contributed by atoms with Gasteiger partial charge in [-0.25, -0.2) is 18.4 Å². The van der Waals surface area contributed by atoms with Gasteiger partial charge in [0.25, 0.3) is 0 Å². The Kier molecular flexibility index (Phi) is 7.95. The smallest absolute Gasteiger partial charge is 0.323 e. The fraction of sp³-hybridized carbons (Fsp3) is 0.235. The molecule has 6 aromatic rings. The molecule has 1 N–H and O–H groups in total. The number of aromatic nitrogens is 7. The molecule has 3 aromatic carbocycles. The zero-order valence-corrected chi connectivity index (χ0v) is 26.0. The number of fused-ring (bicyclic) bond motifs is 1. The summed E-state index contributed by atoms with van der Waals surface area (Å²) in [4.78, 5) is 13.2. The van der Waals surface area contributed by atoms with Gasteiger partial charge in [0.1, 0.15) is 23.7 Å². The van der Waals surface area contributed by atoms with Crippen molar-refractivity contribution in [1.82, 2.24) is 34.7 Å². The van der Waals surface area contributed by atoms with E-state index in [0.29, 0.717) is 17.2 Å². The van der Waals surface area contributed by atoms with Crippen molar-refractivity contribution in [3.05, 3.63) is 114 Å². The van der Waals surface area contributed by atoms with Gasteiger partial charge >= 0.3 is 5.92 Å². The second-order valence-corrected chi connectivity index (χ2v) is 11.8. The zero-order chi connectivity index (χ0) is 34.3. The van der Waals surface area contributed by atoms with Gasteiger partial charge in [0.05, 0.1) is 29.2 Å². The van der Waals surface area contributed by atoms with Crippen LogP contribution < -0.4 is 9.80 Å². The van der Waals surface area contributed by atoms with Crippen molar-refractivity contribution in [2.75, 3.05) is 36.0 Å². The SMILES string of the molecule is Cn1c(N2CCN(c3ccc(-c4ccc(C(F)(F)[C@](O)(Cn5cnnn5)c5ccc(F)cc5F)nc4)cc3)CC2)nc2cc(C#N)ccc21. The number of aliphatic hydroxyl groups is 1. The Hall–Kier alpha value is -5.88. The Bertz CT molecular complexity index is 2160. The second kappa shape index (κ2) is 12.3. The summed E-state index contributed by atoms with van der Waals surface area (Å²) >= 11 is 0. The fourth-order valence-electron chi connectivity index (χ4n) is 6.20. The minimum Gasteiger partial charge on any atom is -0.377 e. The lowest BCUT2D eigenvalue weighted by Gasteiger charge is -2.36. The predicted octanol–water partition coefficient (Wildman–Crippen LogP) is 4.78. The van der Waals surface area contributed by atoms with Crippen LogP contribution in [0.2, 0.25) is 0 Å². The molecule has 0 bridgehead atoms. The topological polar surface area (TPSA) is 125 Å². The average molecular weight is 669 g/mol. The van der Waals surface area contributed by atoms with Crippen molar-refractivity contribution in [1.29, 1.82) is 5.26 Å². The summed E-state index contributed by atoms with van der Waals surface area (Å²) < 4.78 is 63.6. The summed E-state index contributed by atoms with van der Waals surface area (Å²) in [6, 6.07) is 19.8. The van der Waals surface area contributed by atoms with Crippen molar-refractivity contribution in [3.63, 3.8) is 0 Å². The summed E-state index contributed by atoms with van der Waals surface area (Å²) in [6.45, 7) is 2.05. The zero-order valence-electron chi connectivity index (χ0n) is 26.0. The van der Waals surface area contributed by atoms with E-state index in [1.54, 1.807) is 12.1 Å². The molecule has 11 nitrogen and oxygen atoms in total. The molecule has 7 rings (SSSR count). The molecule has 0 aliphatic carbocycles. The predicted molar refractivity (Wildman–Crippen MR) is 171 cm³/mol. The van der Waals surface area contributed by atoms with Crippen molar-refractivity contribution < 1.29 is 22.7 Å². The van der Waals surface area contributed by atoms with E-state index in [-0.39, 0.29) is 0 Å². The maximum atomic E-state index is 16.1. The van der Waals surface area contributed by atoms with Crippen LogP contribution in [0.15, 0.2) is 85.3 Å². The van der Waals surface area contributed by atoms with Gasteiger partial charge in [-0.15, -0.1) is 5.10 Å². The first kappa shape index (κ1) is 31.7. The number of nitriles is 1. The number of halogens is 4. The van der Waals surface area contributed by atoms with Crippen molar-refractivity contribution >= 4 is 22.7 Å². The number of rotatable bonds is 8. The van der Waals surface area contributed by atoms with Crippen LogP contribution in [0.1, 0.15) is 16.8 Å². The quantitative estimate of drug-likeness (QED) is 0.228. The highest BCUT2D eigenvalue weighted by Crippen LogP contribution is 2.47. The molecular weight excluding hydrogens is 640 g/mol. The van der Waals surface area contributed by atoms with E-state index in [4.69, 9.17) is 4.98 Å². The lowest BCUT2D eigenvalue weighted by Crippen LogP contribution is -2.48. The van der Waals surface area contributed by atoms with E-state index < -0.39 is 41.0 Å². The lowest BCUT2D eigenvalue weighted by molar-refractivity contribution is -0.207. The average Bonchev–Trinajstić information content (AvgIpc) is 3.75. The highest BCUT2D eigenvalue weighted by molar-refractivity contribution is 5.80. The van der Waals surface area contributed by atoms with Crippen LogP contribution in [-0.4, -0.2) is 66.0 Å². The van der Waals surface area contributed by atoms with E-state index in [1.165, 1.54) is 12.3 Å². The molecular formula is C34H28F4N10O. The van der Waals surface area contributed by atoms with Crippen molar-refractivity contribution in [3.8, 4) is 17.2 Å². The van der Waals surface area contributed by atoms with E-state index in [2.05, 4.69) is 36.4 Å². The number of imidazole rings is 1. The van der Waals surface area contributed by atoms with Gasteiger partial charge in [0.15, 0.2) is 5.60 Å². The van der Waals surface area contributed by atoms with Gasteiger partial charge < -0.3 is 19.5 Å². The Balaban J connectivity index is 1.06. The van der Waals surface area contributed by atoms with Crippen molar-refractivity contribution in [2.24, 2.45) is 7.05 Å². The third-order valence-electron chi connectivity index (χ3n) is 8.88. The molecule has 0 radical (unpaired) electrons. The van der Waals surface area contributed by atoms with Gasteiger partial charge in [-0.3, -0.25) is 4.98 Å². The van der Waals surface area contributed by atoms with E-state index in [9.17, 15) is 19.1 Å². The van der Waals surface area contributed by atoms with Crippen LogP contribution in [0.3, 0.4) is 0 Å². The molecule has 15 heteroatoms. The first-order valence-electron chi connectivity index (χ1n) is 15.3. The van der Waals surface area contributed by atoms with Crippen LogP contribution >= 0.6 is 0 Å². The van der Waals surface area contributed by atoms with Crippen LogP contribution in [0.4, 0.5) is 29.2 Å².